The van der Waals surface area contributed by atoms with Gasteiger partial charge in [0.05, 0.1) is 11.0 Å². The first-order valence-corrected chi connectivity index (χ1v) is 7.63. The molecule has 1 atom stereocenters. The topological polar surface area (TPSA) is 57.8 Å². The molecule has 0 aliphatic rings. The normalized spacial score (nSPS) is 12.3. The quantitative estimate of drug-likeness (QED) is 0.752. The molecule has 3 aromatic rings. The van der Waals surface area contributed by atoms with Gasteiger partial charge in [-0.1, -0.05) is 26.0 Å². The lowest BCUT2D eigenvalue weighted by molar-refractivity contribution is -0.119. The monoisotopic (exact) mass is 311 g/mol. The number of halogens is 1. The SMILES string of the molecule is CCC(C)C(=O)Nc1ccc2nc(-c3cccc(F)c3)[nH]c2c1. The predicted molar refractivity (Wildman–Crippen MR) is 89.6 cm³/mol. The summed E-state index contributed by atoms with van der Waals surface area (Å²) in [6.07, 6.45) is 0.794. The number of nitrogens with zero attached hydrogens (tertiary/aromatic N) is 1. The number of aromatic nitrogens is 2. The van der Waals surface area contributed by atoms with E-state index in [0.29, 0.717) is 11.4 Å². The molecule has 118 valence electrons. The van der Waals surface area contributed by atoms with Gasteiger partial charge in [-0.3, -0.25) is 4.79 Å². The average Bonchev–Trinajstić information content (AvgIpc) is 2.97. The highest BCUT2D eigenvalue weighted by atomic mass is 19.1. The molecule has 0 spiro atoms. The van der Waals surface area contributed by atoms with E-state index >= 15 is 0 Å². The number of rotatable bonds is 4. The van der Waals surface area contributed by atoms with Crippen LogP contribution in [0.4, 0.5) is 10.1 Å². The van der Waals surface area contributed by atoms with Crippen LogP contribution in [0, 0.1) is 11.7 Å². The molecule has 2 N–H and O–H groups in total. The summed E-state index contributed by atoms with van der Waals surface area (Å²) in [5.41, 5.74) is 2.97. The van der Waals surface area contributed by atoms with Crippen molar-refractivity contribution in [2.24, 2.45) is 5.92 Å². The van der Waals surface area contributed by atoms with E-state index in [1.807, 2.05) is 32.0 Å². The van der Waals surface area contributed by atoms with Crippen LogP contribution in [-0.4, -0.2) is 15.9 Å². The van der Waals surface area contributed by atoms with Crippen molar-refractivity contribution in [2.75, 3.05) is 5.32 Å². The van der Waals surface area contributed by atoms with Crippen LogP contribution in [0.1, 0.15) is 20.3 Å². The Morgan fingerprint density at radius 3 is 2.87 bits per heavy atom. The minimum Gasteiger partial charge on any atom is -0.338 e. The number of benzene rings is 2. The van der Waals surface area contributed by atoms with E-state index in [0.717, 1.165) is 23.1 Å². The summed E-state index contributed by atoms with van der Waals surface area (Å²) in [4.78, 5) is 19.6. The highest BCUT2D eigenvalue weighted by Crippen LogP contribution is 2.23. The molecular weight excluding hydrogens is 293 g/mol. The fraction of sp³-hybridized carbons (Fsp3) is 0.222. The highest BCUT2D eigenvalue weighted by molar-refractivity contribution is 5.94. The minimum atomic E-state index is -0.301. The Bertz CT molecular complexity index is 856. The van der Waals surface area contributed by atoms with Crippen LogP contribution in [0.3, 0.4) is 0 Å². The Morgan fingerprint density at radius 2 is 2.13 bits per heavy atom. The molecule has 0 radical (unpaired) electrons. The number of imidazole rings is 1. The van der Waals surface area contributed by atoms with E-state index in [4.69, 9.17) is 0 Å². The first kappa shape index (κ1) is 15.2. The Morgan fingerprint density at radius 1 is 1.30 bits per heavy atom. The number of anilines is 1. The highest BCUT2D eigenvalue weighted by Gasteiger charge is 2.12. The van der Waals surface area contributed by atoms with Gasteiger partial charge in [0, 0.05) is 17.2 Å². The molecule has 23 heavy (non-hydrogen) atoms. The zero-order valence-corrected chi connectivity index (χ0v) is 13.1. The summed E-state index contributed by atoms with van der Waals surface area (Å²) in [6.45, 7) is 3.87. The van der Waals surface area contributed by atoms with E-state index in [1.54, 1.807) is 12.1 Å². The third-order valence-corrected chi connectivity index (χ3v) is 3.91. The first-order valence-electron chi connectivity index (χ1n) is 7.63. The molecule has 5 heteroatoms. The van der Waals surface area contributed by atoms with E-state index in [2.05, 4.69) is 15.3 Å². The maximum Gasteiger partial charge on any atom is 0.227 e. The number of nitrogens with one attached hydrogen (secondary N) is 2. The lowest BCUT2D eigenvalue weighted by Crippen LogP contribution is -2.19. The van der Waals surface area contributed by atoms with Crippen LogP contribution in [-0.2, 0) is 4.79 Å². The third kappa shape index (κ3) is 3.23. The number of hydrogen-bond acceptors (Lipinski definition) is 2. The van der Waals surface area contributed by atoms with Crippen molar-refractivity contribution in [3.8, 4) is 11.4 Å². The maximum atomic E-state index is 13.3. The number of carbonyl (C=O) groups excluding carboxylic acids is 1. The van der Waals surface area contributed by atoms with Crippen LogP contribution in [0.2, 0.25) is 0 Å². The lowest BCUT2D eigenvalue weighted by Gasteiger charge is -2.09. The molecule has 0 saturated heterocycles. The van der Waals surface area contributed by atoms with Gasteiger partial charge in [0.25, 0.3) is 0 Å². The van der Waals surface area contributed by atoms with E-state index in [9.17, 15) is 9.18 Å². The minimum absolute atomic E-state index is 0.00304. The number of carbonyl (C=O) groups is 1. The summed E-state index contributed by atoms with van der Waals surface area (Å²) in [7, 11) is 0. The predicted octanol–water partition coefficient (Wildman–Crippen LogP) is 4.35. The molecule has 2 aromatic carbocycles. The number of hydrogen-bond donors (Lipinski definition) is 2. The number of fused-ring (bicyclic) bond motifs is 1. The van der Waals surface area contributed by atoms with E-state index in [1.165, 1.54) is 12.1 Å². The van der Waals surface area contributed by atoms with Crippen LogP contribution in [0.5, 0.6) is 0 Å². The zero-order chi connectivity index (χ0) is 16.4. The molecule has 1 heterocycles. The van der Waals surface area contributed by atoms with Crippen molar-refractivity contribution in [3.63, 3.8) is 0 Å². The second kappa shape index (κ2) is 6.20. The lowest BCUT2D eigenvalue weighted by atomic mass is 10.1. The van der Waals surface area contributed by atoms with Gasteiger partial charge in [0.1, 0.15) is 11.6 Å². The Labute approximate surface area is 133 Å². The maximum absolute atomic E-state index is 13.3. The smallest absolute Gasteiger partial charge is 0.227 e. The molecular formula is C18H18FN3O. The van der Waals surface area contributed by atoms with E-state index in [-0.39, 0.29) is 17.6 Å². The van der Waals surface area contributed by atoms with Gasteiger partial charge >= 0.3 is 0 Å². The van der Waals surface area contributed by atoms with Crippen molar-refractivity contribution in [2.45, 2.75) is 20.3 Å². The van der Waals surface area contributed by atoms with E-state index < -0.39 is 0 Å². The average molecular weight is 311 g/mol. The Hall–Kier alpha value is -2.69. The van der Waals surface area contributed by atoms with Gasteiger partial charge < -0.3 is 10.3 Å². The van der Waals surface area contributed by atoms with Gasteiger partial charge in [-0.25, -0.2) is 9.37 Å². The van der Waals surface area contributed by atoms with Gasteiger partial charge in [0.15, 0.2) is 0 Å². The zero-order valence-electron chi connectivity index (χ0n) is 13.1. The Kier molecular flexibility index (Phi) is 4.10. The number of amides is 1. The van der Waals surface area contributed by atoms with Crippen molar-refractivity contribution < 1.29 is 9.18 Å². The molecule has 0 aliphatic carbocycles. The number of H-pyrrole nitrogens is 1. The summed E-state index contributed by atoms with van der Waals surface area (Å²) in [5, 5.41) is 2.90. The molecule has 0 saturated carbocycles. The molecule has 0 aliphatic heterocycles. The molecule has 1 aromatic heterocycles. The second-order valence-electron chi connectivity index (χ2n) is 5.63. The van der Waals surface area contributed by atoms with Crippen molar-refractivity contribution in [1.29, 1.82) is 0 Å². The van der Waals surface area contributed by atoms with Gasteiger partial charge in [-0.15, -0.1) is 0 Å². The van der Waals surface area contributed by atoms with Gasteiger partial charge in [0.2, 0.25) is 5.91 Å². The van der Waals surface area contributed by atoms with Crippen LogP contribution >= 0.6 is 0 Å². The standard InChI is InChI=1S/C18H18FN3O/c1-3-11(2)18(23)20-14-7-8-15-16(10-14)22-17(21-15)12-5-4-6-13(19)9-12/h4-11H,3H2,1-2H3,(H,20,23)(H,21,22). The van der Waals surface area contributed by atoms with Crippen molar-refractivity contribution in [3.05, 3.63) is 48.3 Å². The number of aromatic amines is 1. The van der Waals surface area contributed by atoms with Gasteiger partial charge in [-0.2, -0.15) is 0 Å². The van der Waals surface area contributed by atoms with Crippen molar-refractivity contribution >= 4 is 22.6 Å². The summed E-state index contributed by atoms with van der Waals surface area (Å²) in [6, 6.07) is 11.8. The molecule has 1 unspecified atom stereocenters. The largest absolute Gasteiger partial charge is 0.338 e. The fourth-order valence-corrected chi connectivity index (χ4v) is 2.31. The molecule has 3 rings (SSSR count). The Balaban J connectivity index is 1.90. The third-order valence-electron chi connectivity index (χ3n) is 3.91. The molecule has 1 amide bonds. The van der Waals surface area contributed by atoms with Crippen molar-refractivity contribution in [1.82, 2.24) is 9.97 Å². The second-order valence-corrected chi connectivity index (χ2v) is 5.63. The summed E-state index contributed by atoms with van der Waals surface area (Å²) < 4.78 is 13.3. The fourth-order valence-electron chi connectivity index (χ4n) is 2.31. The molecule has 4 nitrogen and oxygen atoms in total. The molecule has 0 fully saturated rings. The van der Waals surface area contributed by atoms with Gasteiger partial charge in [-0.05, 0) is 36.8 Å². The summed E-state index contributed by atoms with van der Waals surface area (Å²) in [5.74, 6) is 0.265. The summed E-state index contributed by atoms with van der Waals surface area (Å²) >= 11 is 0. The molecule has 0 bridgehead atoms. The van der Waals surface area contributed by atoms with Crippen LogP contribution in [0.25, 0.3) is 22.4 Å². The van der Waals surface area contributed by atoms with Crippen LogP contribution in [0.15, 0.2) is 42.5 Å². The first-order chi connectivity index (χ1) is 11.1. The van der Waals surface area contributed by atoms with Crippen LogP contribution < -0.4 is 5.32 Å².